The molecule has 3 aromatic heterocycles. The lowest BCUT2D eigenvalue weighted by Gasteiger charge is -2.24. The maximum Gasteiger partial charge on any atom is 0.354 e. The first-order valence-corrected chi connectivity index (χ1v) is 7.96. The number of pyridine rings is 3. The van der Waals surface area contributed by atoms with E-state index in [0.29, 0.717) is 11.4 Å². The lowest BCUT2D eigenvalue weighted by molar-refractivity contribution is 0.0690. The van der Waals surface area contributed by atoms with Gasteiger partial charge < -0.3 is 5.11 Å². The Hall–Kier alpha value is -3.59. The summed E-state index contributed by atoms with van der Waals surface area (Å²) in [6, 6.07) is 16.0. The van der Waals surface area contributed by atoms with Gasteiger partial charge in [-0.15, -0.1) is 0 Å². The third kappa shape index (κ3) is 3.28. The highest BCUT2D eigenvalue weighted by Gasteiger charge is 2.27. The van der Waals surface area contributed by atoms with E-state index in [0.717, 1.165) is 17.0 Å². The molecule has 0 aliphatic carbocycles. The predicted octanol–water partition coefficient (Wildman–Crippen LogP) is 3.43. The smallest absolute Gasteiger partial charge is 0.354 e. The molecule has 3 aromatic rings. The van der Waals surface area contributed by atoms with Crippen LogP contribution in [-0.4, -0.2) is 26.0 Å². The Morgan fingerprint density at radius 3 is 2.35 bits per heavy atom. The van der Waals surface area contributed by atoms with Gasteiger partial charge in [0, 0.05) is 17.2 Å². The zero-order chi connectivity index (χ0) is 18.7. The normalized spacial score (nSPS) is 11.0. The standard InChI is InChI=1S/C20H16N4O2/c1-20(2,18-8-4-6-16(24-18)19(25)26)17-7-3-5-15(23-17)13-9-10-14(11-21)22-12-13/h3-10,12H,1-2H3,(H,25,26). The minimum atomic E-state index is -1.06. The van der Waals surface area contributed by atoms with E-state index in [-0.39, 0.29) is 5.69 Å². The summed E-state index contributed by atoms with van der Waals surface area (Å²) in [5.41, 5.74) is 2.68. The first-order valence-electron chi connectivity index (χ1n) is 7.96. The van der Waals surface area contributed by atoms with Gasteiger partial charge >= 0.3 is 5.97 Å². The highest BCUT2D eigenvalue weighted by atomic mass is 16.4. The van der Waals surface area contributed by atoms with E-state index >= 15 is 0 Å². The van der Waals surface area contributed by atoms with Crippen molar-refractivity contribution in [2.45, 2.75) is 19.3 Å². The molecule has 0 radical (unpaired) electrons. The highest BCUT2D eigenvalue weighted by Crippen LogP contribution is 2.30. The summed E-state index contributed by atoms with van der Waals surface area (Å²) in [5.74, 6) is -1.06. The van der Waals surface area contributed by atoms with E-state index in [2.05, 4.69) is 9.97 Å². The van der Waals surface area contributed by atoms with Crippen molar-refractivity contribution in [3.05, 3.63) is 77.5 Å². The zero-order valence-corrected chi connectivity index (χ0v) is 14.3. The van der Waals surface area contributed by atoms with Crippen molar-refractivity contribution in [2.24, 2.45) is 0 Å². The second-order valence-corrected chi connectivity index (χ2v) is 6.29. The first kappa shape index (κ1) is 17.2. The monoisotopic (exact) mass is 344 g/mol. The average Bonchev–Trinajstić information content (AvgIpc) is 2.68. The maximum atomic E-state index is 11.2. The van der Waals surface area contributed by atoms with Crippen molar-refractivity contribution in [3.63, 3.8) is 0 Å². The number of carboxylic acids is 1. The summed E-state index contributed by atoms with van der Waals surface area (Å²) in [7, 11) is 0. The van der Waals surface area contributed by atoms with Gasteiger partial charge in [0.15, 0.2) is 0 Å². The number of nitriles is 1. The third-order valence-corrected chi connectivity index (χ3v) is 4.17. The number of rotatable bonds is 4. The van der Waals surface area contributed by atoms with Crippen LogP contribution in [-0.2, 0) is 5.41 Å². The molecular weight excluding hydrogens is 328 g/mol. The predicted molar refractivity (Wildman–Crippen MR) is 95.5 cm³/mol. The molecule has 0 bridgehead atoms. The second-order valence-electron chi connectivity index (χ2n) is 6.29. The van der Waals surface area contributed by atoms with Crippen LogP contribution in [0.25, 0.3) is 11.3 Å². The minimum absolute atomic E-state index is 0.00280. The van der Waals surface area contributed by atoms with Gasteiger partial charge in [-0.2, -0.15) is 5.26 Å². The van der Waals surface area contributed by atoms with Crippen LogP contribution < -0.4 is 0 Å². The number of carboxylic acid groups (broad SMARTS) is 1. The molecule has 0 amide bonds. The fraction of sp³-hybridized carbons (Fsp3) is 0.150. The molecule has 1 N–H and O–H groups in total. The number of hydrogen-bond acceptors (Lipinski definition) is 5. The number of aromatic nitrogens is 3. The Balaban J connectivity index is 2.02. The molecule has 0 spiro atoms. The van der Waals surface area contributed by atoms with Crippen molar-refractivity contribution in [1.29, 1.82) is 5.26 Å². The molecule has 0 saturated heterocycles. The van der Waals surface area contributed by atoms with Crippen LogP contribution in [0.15, 0.2) is 54.7 Å². The molecule has 128 valence electrons. The van der Waals surface area contributed by atoms with E-state index in [1.165, 1.54) is 6.07 Å². The molecule has 0 unspecified atom stereocenters. The van der Waals surface area contributed by atoms with Crippen LogP contribution >= 0.6 is 0 Å². The number of nitrogens with zero attached hydrogens (tertiary/aromatic N) is 4. The number of hydrogen-bond donors (Lipinski definition) is 1. The van der Waals surface area contributed by atoms with E-state index in [9.17, 15) is 9.90 Å². The summed E-state index contributed by atoms with van der Waals surface area (Å²) in [6.45, 7) is 3.90. The van der Waals surface area contributed by atoms with Crippen molar-refractivity contribution in [3.8, 4) is 17.3 Å². The van der Waals surface area contributed by atoms with Gasteiger partial charge in [0.25, 0.3) is 0 Å². The van der Waals surface area contributed by atoms with Crippen LogP contribution in [0.4, 0.5) is 0 Å². The fourth-order valence-corrected chi connectivity index (χ4v) is 2.59. The van der Waals surface area contributed by atoms with Crippen LogP contribution in [0.5, 0.6) is 0 Å². The van der Waals surface area contributed by atoms with E-state index < -0.39 is 11.4 Å². The maximum absolute atomic E-state index is 11.2. The summed E-state index contributed by atoms with van der Waals surface area (Å²) in [4.78, 5) is 24.2. The summed E-state index contributed by atoms with van der Waals surface area (Å²) < 4.78 is 0. The molecule has 6 heteroatoms. The third-order valence-electron chi connectivity index (χ3n) is 4.17. The Labute approximate surface area is 150 Å². The first-order chi connectivity index (χ1) is 12.4. The minimum Gasteiger partial charge on any atom is -0.477 e. The van der Waals surface area contributed by atoms with Gasteiger partial charge in [-0.25, -0.2) is 14.8 Å². The summed E-state index contributed by atoms with van der Waals surface area (Å²) in [6.07, 6.45) is 1.61. The van der Waals surface area contributed by atoms with Crippen molar-refractivity contribution in [2.75, 3.05) is 0 Å². The molecule has 0 saturated carbocycles. The van der Waals surface area contributed by atoms with E-state index in [4.69, 9.17) is 10.2 Å². The Kier molecular flexibility index (Phi) is 4.46. The van der Waals surface area contributed by atoms with Gasteiger partial charge in [-0.1, -0.05) is 12.1 Å². The molecule has 0 aromatic carbocycles. The molecule has 0 fully saturated rings. The van der Waals surface area contributed by atoms with Gasteiger partial charge in [0.2, 0.25) is 0 Å². The second kappa shape index (κ2) is 6.73. The van der Waals surface area contributed by atoms with Crippen LogP contribution in [0.3, 0.4) is 0 Å². The molecular formula is C20H16N4O2. The largest absolute Gasteiger partial charge is 0.477 e. The molecule has 0 atom stereocenters. The van der Waals surface area contributed by atoms with E-state index in [1.54, 1.807) is 30.5 Å². The van der Waals surface area contributed by atoms with Gasteiger partial charge in [-0.3, -0.25) is 4.98 Å². The van der Waals surface area contributed by atoms with Crippen molar-refractivity contribution < 1.29 is 9.90 Å². The number of aromatic carboxylic acids is 1. The van der Waals surface area contributed by atoms with Crippen LogP contribution in [0.1, 0.15) is 41.4 Å². The van der Waals surface area contributed by atoms with E-state index in [1.807, 2.05) is 38.1 Å². The zero-order valence-electron chi connectivity index (χ0n) is 14.3. The Morgan fingerprint density at radius 2 is 1.73 bits per heavy atom. The topological polar surface area (TPSA) is 99.8 Å². The van der Waals surface area contributed by atoms with Crippen LogP contribution in [0, 0.1) is 11.3 Å². The molecule has 3 rings (SSSR count). The van der Waals surface area contributed by atoms with Crippen molar-refractivity contribution in [1.82, 2.24) is 15.0 Å². The lowest BCUT2D eigenvalue weighted by atomic mass is 9.84. The van der Waals surface area contributed by atoms with Gasteiger partial charge in [0.05, 0.1) is 17.1 Å². The Bertz CT molecular complexity index is 1000. The molecule has 0 aliphatic heterocycles. The molecule has 6 nitrogen and oxygen atoms in total. The molecule has 26 heavy (non-hydrogen) atoms. The highest BCUT2D eigenvalue weighted by molar-refractivity contribution is 5.85. The number of carbonyl (C=O) groups is 1. The SMILES string of the molecule is CC(C)(c1cccc(C(=O)O)n1)c1cccc(-c2ccc(C#N)nc2)n1. The Morgan fingerprint density at radius 1 is 1.04 bits per heavy atom. The van der Waals surface area contributed by atoms with Gasteiger partial charge in [-0.05, 0) is 50.2 Å². The van der Waals surface area contributed by atoms with Crippen molar-refractivity contribution >= 4 is 5.97 Å². The fourth-order valence-electron chi connectivity index (χ4n) is 2.59. The average molecular weight is 344 g/mol. The van der Waals surface area contributed by atoms with Crippen LogP contribution in [0.2, 0.25) is 0 Å². The lowest BCUT2D eigenvalue weighted by Crippen LogP contribution is -2.23. The summed E-state index contributed by atoms with van der Waals surface area (Å²) in [5, 5.41) is 18.0. The quantitative estimate of drug-likeness (QED) is 0.778. The summed E-state index contributed by atoms with van der Waals surface area (Å²) >= 11 is 0. The van der Waals surface area contributed by atoms with Gasteiger partial charge in [0.1, 0.15) is 17.5 Å². The molecule has 3 heterocycles. The molecule has 0 aliphatic rings.